The monoisotopic (exact) mass is 267 g/mol. The van der Waals surface area contributed by atoms with Gasteiger partial charge in [-0.15, -0.1) is 0 Å². The maximum atomic E-state index is 12.9. The summed E-state index contributed by atoms with van der Waals surface area (Å²) in [5.41, 5.74) is -0.115. The number of rotatable bonds is 4. The molecule has 2 aliphatic heterocycles. The quantitative estimate of drug-likeness (QED) is 0.831. The van der Waals surface area contributed by atoms with Crippen molar-refractivity contribution in [2.45, 2.75) is 39.2 Å². The molecule has 0 saturated carbocycles. The molecule has 3 atom stereocenters. The smallest absolute Gasteiger partial charge is 0.230 e. The maximum Gasteiger partial charge on any atom is 0.230 e. The lowest BCUT2D eigenvalue weighted by Gasteiger charge is -2.32. The molecule has 19 heavy (non-hydrogen) atoms. The number of likely N-dealkylation sites (tertiary alicyclic amines) is 1. The van der Waals surface area contributed by atoms with Crippen LogP contribution in [-0.2, 0) is 4.79 Å². The summed E-state index contributed by atoms with van der Waals surface area (Å²) in [6.07, 6.45) is 3.13. The Morgan fingerprint density at radius 2 is 2.16 bits per heavy atom. The van der Waals surface area contributed by atoms with Crippen molar-refractivity contribution < 1.29 is 4.79 Å². The molecule has 1 amide bonds. The van der Waals surface area contributed by atoms with Crippen molar-refractivity contribution in [1.82, 2.24) is 15.1 Å². The van der Waals surface area contributed by atoms with E-state index >= 15 is 0 Å². The maximum absolute atomic E-state index is 12.9. The van der Waals surface area contributed by atoms with Crippen molar-refractivity contribution in [3.05, 3.63) is 0 Å². The highest BCUT2D eigenvalue weighted by molar-refractivity contribution is 5.83. The van der Waals surface area contributed by atoms with Crippen molar-refractivity contribution in [2.24, 2.45) is 11.3 Å². The number of hydrogen-bond acceptors (Lipinski definition) is 3. The molecule has 110 valence electrons. The second-order valence-corrected chi connectivity index (χ2v) is 6.68. The summed E-state index contributed by atoms with van der Waals surface area (Å²) in [6, 6.07) is 0.511. The number of carbonyl (C=O) groups is 1. The van der Waals surface area contributed by atoms with Crippen molar-refractivity contribution in [2.75, 3.05) is 40.3 Å². The van der Waals surface area contributed by atoms with Gasteiger partial charge in [0.2, 0.25) is 5.91 Å². The van der Waals surface area contributed by atoms with Crippen LogP contribution in [0.15, 0.2) is 0 Å². The van der Waals surface area contributed by atoms with E-state index in [-0.39, 0.29) is 5.41 Å². The molecule has 2 saturated heterocycles. The fourth-order valence-electron chi connectivity index (χ4n) is 3.85. The predicted molar refractivity (Wildman–Crippen MR) is 78.0 cm³/mol. The molecule has 4 heteroatoms. The number of nitrogens with zero attached hydrogens (tertiary/aromatic N) is 2. The van der Waals surface area contributed by atoms with Gasteiger partial charge in [-0.3, -0.25) is 4.79 Å². The van der Waals surface area contributed by atoms with Gasteiger partial charge in [0, 0.05) is 25.7 Å². The number of likely N-dealkylation sites (N-methyl/N-ethyl adjacent to an activating group) is 1. The highest BCUT2D eigenvalue weighted by Gasteiger charge is 2.45. The first kappa shape index (κ1) is 14.8. The Kier molecular flexibility index (Phi) is 4.51. The number of hydrogen-bond donors (Lipinski definition) is 1. The van der Waals surface area contributed by atoms with Gasteiger partial charge < -0.3 is 15.1 Å². The Balaban J connectivity index is 2.07. The second kappa shape index (κ2) is 5.80. The Morgan fingerprint density at radius 1 is 1.42 bits per heavy atom. The van der Waals surface area contributed by atoms with E-state index in [0.29, 0.717) is 17.9 Å². The minimum absolute atomic E-state index is 0.115. The van der Waals surface area contributed by atoms with Crippen LogP contribution in [-0.4, -0.2) is 62.0 Å². The van der Waals surface area contributed by atoms with E-state index in [1.807, 2.05) is 0 Å². The van der Waals surface area contributed by atoms with E-state index in [0.717, 1.165) is 45.4 Å². The fourth-order valence-corrected chi connectivity index (χ4v) is 3.85. The summed E-state index contributed by atoms with van der Waals surface area (Å²) in [4.78, 5) is 17.3. The zero-order chi connectivity index (χ0) is 14.0. The normalized spacial score (nSPS) is 35.3. The number of carbonyl (C=O) groups excluding carboxylic acids is 1. The van der Waals surface area contributed by atoms with Crippen LogP contribution in [0.2, 0.25) is 0 Å². The summed E-state index contributed by atoms with van der Waals surface area (Å²) < 4.78 is 0. The summed E-state index contributed by atoms with van der Waals surface area (Å²) in [6.45, 7) is 8.13. The van der Waals surface area contributed by atoms with Crippen LogP contribution in [0, 0.1) is 11.3 Å². The van der Waals surface area contributed by atoms with Crippen LogP contribution in [0.5, 0.6) is 0 Å². The average molecular weight is 267 g/mol. The van der Waals surface area contributed by atoms with Crippen molar-refractivity contribution >= 4 is 5.91 Å². The van der Waals surface area contributed by atoms with E-state index < -0.39 is 0 Å². The van der Waals surface area contributed by atoms with Gasteiger partial charge >= 0.3 is 0 Å². The third-order valence-corrected chi connectivity index (χ3v) is 4.95. The van der Waals surface area contributed by atoms with Gasteiger partial charge in [-0.1, -0.05) is 20.3 Å². The Hall–Kier alpha value is -0.610. The van der Waals surface area contributed by atoms with Crippen molar-refractivity contribution in [3.8, 4) is 0 Å². The molecule has 0 aromatic rings. The first-order valence-corrected chi connectivity index (χ1v) is 7.66. The lowest BCUT2D eigenvalue weighted by Crippen LogP contribution is -2.45. The SMILES string of the molecule is CCCC1(C(=O)N2CC(C)C(N(C)C)C2)CCNC1. The molecular weight excluding hydrogens is 238 g/mol. The molecule has 2 aliphatic rings. The minimum Gasteiger partial charge on any atom is -0.340 e. The first-order chi connectivity index (χ1) is 9.00. The molecule has 0 aromatic heterocycles. The van der Waals surface area contributed by atoms with Gasteiger partial charge in [0.25, 0.3) is 0 Å². The molecule has 2 fully saturated rings. The largest absolute Gasteiger partial charge is 0.340 e. The Labute approximate surface area is 117 Å². The van der Waals surface area contributed by atoms with Gasteiger partial charge in [0.05, 0.1) is 5.41 Å². The van der Waals surface area contributed by atoms with E-state index in [2.05, 4.69) is 43.1 Å². The zero-order valence-electron chi connectivity index (χ0n) is 12.9. The molecule has 2 rings (SSSR count). The van der Waals surface area contributed by atoms with Crippen LogP contribution < -0.4 is 5.32 Å². The van der Waals surface area contributed by atoms with Gasteiger partial charge in [0.1, 0.15) is 0 Å². The molecule has 0 aromatic carbocycles. The third kappa shape index (κ3) is 2.79. The van der Waals surface area contributed by atoms with Crippen LogP contribution in [0.3, 0.4) is 0 Å². The Bertz CT molecular complexity index is 323. The summed E-state index contributed by atoms with van der Waals surface area (Å²) in [5, 5.41) is 3.39. The first-order valence-electron chi connectivity index (χ1n) is 7.66. The zero-order valence-corrected chi connectivity index (χ0v) is 12.9. The molecule has 3 unspecified atom stereocenters. The van der Waals surface area contributed by atoms with Gasteiger partial charge in [-0.2, -0.15) is 0 Å². The van der Waals surface area contributed by atoms with Crippen molar-refractivity contribution in [3.63, 3.8) is 0 Å². The number of amides is 1. The number of nitrogens with one attached hydrogen (secondary N) is 1. The van der Waals surface area contributed by atoms with E-state index in [1.165, 1.54) is 0 Å². The predicted octanol–water partition coefficient (Wildman–Crippen LogP) is 1.17. The average Bonchev–Trinajstić information content (AvgIpc) is 2.96. The molecule has 1 N–H and O–H groups in total. The third-order valence-electron chi connectivity index (χ3n) is 4.95. The standard InChI is InChI=1S/C15H29N3O/c1-5-6-15(7-8-16-11-15)14(19)18-9-12(2)13(10-18)17(3)4/h12-13,16H,5-11H2,1-4H3. The molecular formula is C15H29N3O. The highest BCUT2D eigenvalue weighted by Crippen LogP contribution is 2.35. The molecule has 4 nitrogen and oxygen atoms in total. The van der Waals surface area contributed by atoms with Crippen LogP contribution in [0.4, 0.5) is 0 Å². The molecule has 0 radical (unpaired) electrons. The van der Waals surface area contributed by atoms with E-state index in [1.54, 1.807) is 0 Å². The van der Waals surface area contributed by atoms with E-state index in [9.17, 15) is 4.79 Å². The van der Waals surface area contributed by atoms with Gasteiger partial charge in [-0.25, -0.2) is 0 Å². The lowest BCUT2D eigenvalue weighted by molar-refractivity contribution is -0.140. The second-order valence-electron chi connectivity index (χ2n) is 6.68. The highest BCUT2D eigenvalue weighted by atomic mass is 16.2. The molecule has 0 aliphatic carbocycles. The Morgan fingerprint density at radius 3 is 2.63 bits per heavy atom. The summed E-state index contributed by atoms with van der Waals surface area (Å²) in [7, 11) is 4.24. The van der Waals surface area contributed by atoms with Gasteiger partial charge in [0.15, 0.2) is 0 Å². The van der Waals surface area contributed by atoms with Crippen LogP contribution in [0.1, 0.15) is 33.1 Å². The van der Waals surface area contributed by atoms with Crippen LogP contribution >= 0.6 is 0 Å². The topological polar surface area (TPSA) is 35.6 Å². The minimum atomic E-state index is -0.115. The molecule has 0 bridgehead atoms. The van der Waals surface area contributed by atoms with Gasteiger partial charge in [-0.05, 0) is 39.4 Å². The van der Waals surface area contributed by atoms with Crippen LogP contribution in [0.25, 0.3) is 0 Å². The lowest BCUT2D eigenvalue weighted by atomic mass is 9.81. The van der Waals surface area contributed by atoms with Crippen molar-refractivity contribution in [1.29, 1.82) is 0 Å². The molecule has 0 spiro atoms. The fraction of sp³-hybridized carbons (Fsp3) is 0.933. The van der Waals surface area contributed by atoms with E-state index in [4.69, 9.17) is 0 Å². The molecule has 2 heterocycles. The summed E-state index contributed by atoms with van der Waals surface area (Å²) >= 11 is 0. The summed E-state index contributed by atoms with van der Waals surface area (Å²) in [5.74, 6) is 0.975.